The lowest BCUT2D eigenvalue weighted by atomic mass is 10.2. The van der Waals surface area contributed by atoms with Crippen LogP contribution in [0.15, 0.2) is 24.3 Å². The Bertz CT molecular complexity index is 320. The van der Waals surface area contributed by atoms with Crippen LogP contribution >= 0.6 is 0 Å². The number of anilines is 1. The second-order valence-electron chi connectivity index (χ2n) is 3.65. The number of halogens is 3. The number of alkyl halides is 3. The van der Waals surface area contributed by atoms with Crippen LogP contribution in [0.4, 0.5) is 18.9 Å². The molecule has 81 valence electrons. The molecule has 0 bridgehead atoms. The molecule has 1 aliphatic rings. The summed E-state index contributed by atoms with van der Waals surface area (Å²) in [6.45, 7) is 0.480. The standard InChI is InChI=1S/C11H11F3N/c12-11(13,14)10-7-4-8-15(10)9-5-2-1-3-6-9/h2-3,5-6,10H,4,7-8H2/t10-/m1/s1. The Morgan fingerprint density at radius 3 is 2.53 bits per heavy atom. The molecule has 1 saturated heterocycles. The van der Waals surface area contributed by atoms with Crippen LogP contribution in [0.2, 0.25) is 0 Å². The zero-order valence-corrected chi connectivity index (χ0v) is 8.09. The maximum absolute atomic E-state index is 12.6. The molecule has 0 spiro atoms. The Hall–Kier alpha value is -1.19. The Labute approximate surface area is 86.5 Å². The molecule has 4 heteroatoms. The summed E-state index contributed by atoms with van der Waals surface area (Å²) in [7, 11) is 0. The molecule has 1 aromatic rings. The summed E-state index contributed by atoms with van der Waals surface area (Å²) in [5, 5.41) is 0. The van der Waals surface area contributed by atoms with Gasteiger partial charge in [-0.1, -0.05) is 12.1 Å². The van der Waals surface area contributed by atoms with Crippen molar-refractivity contribution in [1.29, 1.82) is 0 Å². The number of nitrogens with zero attached hydrogens (tertiary/aromatic N) is 1. The van der Waals surface area contributed by atoms with E-state index in [-0.39, 0.29) is 6.42 Å². The molecule has 1 heterocycles. The van der Waals surface area contributed by atoms with E-state index >= 15 is 0 Å². The third-order valence-corrected chi connectivity index (χ3v) is 2.66. The van der Waals surface area contributed by atoms with E-state index in [2.05, 4.69) is 6.07 Å². The average Bonchev–Trinajstić information content (AvgIpc) is 2.67. The lowest BCUT2D eigenvalue weighted by Crippen LogP contribution is -2.41. The SMILES string of the molecule is FC(F)(F)[C@H]1CCCN1c1cc[c]cc1. The van der Waals surface area contributed by atoms with Gasteiger partial charge in [-0.25, -0.2) is 0 Å². The van der Waals surface area contributed by atoms with E-state index in [0.29, 0.717) is 18.7 Å². The number of hydrogen-bond donors (Lipinski definition) is 0. The molecule has 1 aromatic carbocycles. The van der Waals surface area contributed by atoms with Gasteiger partial charge in [-0.05, 0) is 31.0 Å². The van der Waals surface area contributed by atoms with Crippen LogP contribution in [0.25, 0.3) is 0 Å². The largest absolute Gasteiger partial charge is 0.408 e. The van der Waals surface area contributed by atoms with Crippen molar-refractivity contribution in [2.75, 3.05) is 11.4 Å². The van der Waals surface area contributed by atoms with Gasteiger partial charge in [0.15, 0.2) is 0 Å². The van der Waals surface area contributed by atoms with Gasteiger partial charge in [-0.3, -0.25) is 0 Å². The Kier molecular flexibility index (Phi) is 2.59. The van der Waals surface area contributed by atoms with E-state index in [0.717, 1.165) is 0 Å². The molecule has 0 N–H and O–H groups in total. The van der Waals surface area contributed by atoms with Crippen LogP contribution < -0.4 is 4.90 Å². The minimum absolute atomic E-state index is 0.197. The topological polar surface area (TPSA) is 3.24 Å². The van der Waals surface area contributed by atoms with Crippen LogP contribution in [0.3, 0.4) is 0 Å². The van der Waals surface area contributed by atoms with Crippen molar-refractivity contribution >= 4 is 5.69 Å². The van der Waals surface area contributed by atoms with Gasteiger partial charge in [-0.15, -0.1) is 0 Å². The van der Waals surface area contributed by atoms with Gasteiger partial charge in [0.1, 0.15) is 6.04 Å². The molecule has 1 nitrogen and oxygen atoms in total. The summed E-state index contributed by atoms with van der Waals surface area (Å²) in [4.78, 5) is 1.42. The second-order valence-corrected chi connectivity index (χ2v) is 3.65. The smallest absolute Gasteiger partial charge is 0.360 e. The van der Waals surface area contributed by atoms with Crippen LogP contribution in [-0.2, 0) is 0 Å². The summed E-state index contributed by atoms with van der Waals surface area (Å²) >= 11 is 0. The van der Waals surface area contributed by atoms with Gasteiger partial charge in [0.2, 0.25) is 0 Å². The van der Waals surface area contributed by atoms with Crippen LogP contribution in [0.1, 0.15) is 12.8 Å². The van der Waals surface area contributed by atoms with Crippen molar-refractivity contribution in [2.24, 2.45) is 0 Å². The van der Waals surface area contributed by atoms with Crippen LogP contribution in [-0.4, -0.2) is 18.8 Å². The summed E-state index contributed by atoms with van der Waals surface area (Å²) < 4.78 is 37.9. The highest BCUT2D eigenvalue weighted by Gasteiger charge is 2.45. The first-order valence-electron chi connectivity index (χ1n) is 4.88. The third kappa shape index (κ3) is 2.08. The Morgan fingerprint density at radius 1 is 1.27 bits per heavy atom. The lowest BCUT2D eigenvalue weighted by Gasteiger charge is -2.28. The Balaban J connectivity index is 2.23. The Morgan fingerprint density at radius 2 is 1.93 bits per heavy atom. The van der Waals surface area contributed by atoms with Crippen molar-refractivity contribution in [2.45, 2.75) is 25.1 Å². The van der Waals surface area contributed by atoms with E-state index < -0.39 is 12.2 Å². The zero-order valence-electron chi connectivity index (χ0n) is 8.09. The van der Waals surface area contributed by atoms with E-state index in [1.54, 1.807) is 24.3 Å². The fourth-order valence-corrected chi connectivity index (χ4v) is 1.99. The molecule has 1 radical (unpaired) electrons. The summed E-state index contributed by atoms with van der Waals surface area (Å²) in [5.74, 6) is 0. The van der Waals surface area contributed by atoms with Gasteiger partial charge >= 0.3 is 6.18 Å². The fraction of sp³-hybridized carbons (Fsp3) is 0.455. The molecule has 15 heavy (non-hydrogen) atoms. The van der Waals surface area contributed by atoms with Crippen molar-refractivity contribution in [3.8, 4) is 0 Å². The highest BCUT2D eigenvalue weighted by Crippen LogP contribution is 2.35. The van der Waals surface area contributed by atoms with Crippen molar-refractivity contribution in [3.05, 3.63) is 30.3 Å². The van der Waals surface area contributed by atoms with Gasteiger partial charge < -0.3 is 4.90 Å². The maximum Gasteiger partial charge on any atom is 0.408 e. The third-order valence-electron chi connectivity index (χ3n) is 2.66. The van der Waals surface area contributed by atoms with Gasteiger partial charge in [0, 0.05) is 12.2 Å². The van der Waals surface area contributed by atoms with Crippen molar-refractivity contribution < 1.29 is 13.2 Å². The fourth-order valence-electron chi connectivity index (χ4n) is 1.99. The number of hydrogen-bond acceptors (Lipinski definition) is 1. The first-order valence-corrected chi connectivity index (χ1v) is 4.88. The maximum atomic E-state index is 12.6. The predicted octanol–water partition coefficient (Wildman–Crippen LogP) is 3.02. The van der Waals surface area contributed by atoms with E-state index in [9.17, 15) is 13.2 Å². The van der Waals surface area contributed by atoms with Gasteiger partial charge in [0.05, 0.1) is 0 Å². The van der Waals surface area contributed by atoms with Gasteiger partial charge in [-0.2, -0.15) is 13.2 Å². The summed E-state index contributed by atoms with van der Waals surface area (Å²) in [6, 6.07) is 8.10. The molecule has 1 fully saturated rings. The number of rotatable bonds is 1. The molecular weight excluding hydrogens is 203 g/mol. The quantitative estimate of drug-likeness (QED) is 0.694. The highest BCUT2D eigenvalue weighted by atomic mass is 19.4. The van der Waals surface area contributed by atoms with Gasteiger partial charge in [0.25, 0.3) is 0 Å². The molecule has 0 unspecified atom stereocenters. The van der Waals surface area contributed by atoms with E-state index in [1.807, 2.05) is 0 Å². The first-order chi connectivity index (χ1) is 7.09. The van der Waals surface area contributed by atoms with Crippen molar-refractivity contribution in [1.82, 2.24) is 0 Å². The first kappa shape index (κ1) is 10.3. The highest BCUT2D eigenvalue weighted by molar-refractivity contribution is 5.48. The van der Waals surface area contributed by atoms with Crippen LogP contribution in [0, 0.1) is 6.07 Å². The molecule has 1 atom stereocenters. The van der Waals surface area contributed by atoms with Crippen LogP contribution in [0.5, 0.6) is 0 Å². The minimum Gasteiger partial charge on any atom is -0.360 e. The summed E-state index contributed by atoms with van der Waals surface area (Å²) in [6.07, 6.45) is -3.33. The predicted molar refractivity (Wildman–Crippen MR) is 51.7 cm³/mol. The second kappa shape index (κ2) is 3.76. The molecule has 0 aromatic heterocycles. The molecule has 0 aliphatic carbocycles. The van der Waals surface area contributed by atoms with E-state index in [1.165, 1.54) is 4.90 Å². The monoisotopic (exact) mass is 214 g/mol. The van der Waals surface area contributed by atoms with E-state index in [4.69, 9.17) is 0 Å². The minimum atomic E-state index is -4.13. The normalized spacial score (nSPS) is 22.1. The molecule has 0 saturated carbocycles. The number of benzene rings is 1. The molecule has 0 amide bonds. The molecule has 2 rings (SSSR count). The molecule has 1 aliphatic heterocycles. The summed E-state index contributed by atoms with van der Waals surface area (Å²) in [5.41, 5.74) is 0.633. The van der Waals surface area contributed by atoms with Crippen molar-refractivity contribution in [3.63, 3.8) is 0 Å². The average molecular weight is 214 g/mol. The molecular formula is C11H11F3N. The zero-order chi connectivity index (χ0) is 10.9. The lowest BCUT2D eigenvalue weighted by molar-refractivity contribution is -0.145.